The molecule has 2 nitrogen and oxygen atoms in total. The first-order valence-electron chi connectivity index (χ1n) is 3.68. The number of hydrogen-bond donors (Lipinski definition) is 0. The summed E-state index contributed by atoms with van der Waals surface area (Å²) in [5.41, 5.74) is 0.521. The molecule has 0 bridgehead atoms. The summed E-state index contributed by atoms with van der Waals surface area (Å²) in [6, 6.07) is 0. The van der Waals surface area contributed by atoms with Gasteiger partial charge in [0.25, 0.3) is 0 Å². The van der Waals surface area contributed by atoms with E-state index in [1.54, 1.807) is 0 Å². The topological polar surface area (TPSA) is 26.3 Å². The summed E-state index contributed by atoms with van der Waals surface area (Å²) in [4.78, 5) is 10.3. The first-order valence-corrected chi connectivity index (χ1v) is 7.09. The normalized spacial score (nSPS) is 14.2. The Kier molecular flexibility index (Phi) is 3.69. The molecule has 0 aromatic carbocycles. The van der Waals surface area contributed by atoms with Crippen LogP contribution in [0.4, 0.5) is 0 Å². The smallest absolute Gasteiger partial charge is 0.184 e. The Balaban J connectivity index is 3.97. The summed E-state index contributed by atoms with van der Waals surface area (Å²) in [6.07, 6.45) is 0.629. The molecular formula is C8H16O2Si. The molecule has 1 unspecified atom stereocenters. The number of hydrogen-bond acceptors (Lipinski definition) is 2. The molecule has 0 fully saturated rings. The van der Waals surface area contributed by atoms with Crippen molar-refractivity contribution in [2.45, 2.75) is 32.7 Å². The average Bonchev–Trinajstić information content (AvgIpc) is 1.82. The third-order valence-corrected chi connectivity index (χ3v) is 2.26. The third kappa shape index (κ3) is 4.92. The van der Waals surface area contributed by atoms with Gasteiger partial charge in [-0.2, -0.15) is 0 Å². The van der Waals surface area contributed by atoms with Gasteiger partial charge in [0.1, 0.15) is 6.29 Å². The van der Waals surface area contributed by atoms with Crippen LogP contribution in [-0.4, -0.2) is 20.7 Å². The summed E-state index contributed by atoms with van der Waals surface area (Å²) in [5, 5.41) is 0. The highest BCUT2D eigenvalue weighted by molar-refractivity contribution is 6.69. The Morgan fingerprint density at radius 3 is 2.27 bits per heavy atom. The molecule has 0 radical (unpaired) electrons. The van der Waals surface area contributed by atoms with Gasteiger partial charge in [0.05, 0.1) is 6.10 Å². The Labute approximate surface area is 69.4 Å². The highest BCUT2D eigenvalue weighted by Gasteiger charge is 2.19. The minimum Gasteiger partial charge on any atom is -0.411 e. The fourth-order valence-electron chi connectivity index (χ4n) is 0.702. The van der Waals surface area contributed by atoms with Gasteiger partial charge in [0.15, 0.2) is 8.32 Å². The van der Waals surface area contributed by atoms with E-state index in [1.807, 2.05) is 6.92 Å². The van der Waals surface area contributed by atoms with Crippen molar-refractivity contribution in [3.8, 4) is 0 Å². The highest BCUT2D eigenvalue weighted by Crippen LogP contribution is 2.10. The fraction of sp³-hybridized carbons (Fsp3) is 0.625. The zero-order chi connectivity index (χ0) is 9.07. The predicted octanol–water partition coefficient (Wildman–Crippen LogP) is 1.98. The molecular weight excluding hydrogens is 156 g/mol. The van der Waals surface area contributed by atoms with Gasteiger partial charge in [-0.1, -0.05) is 6.58 Å². The van der Waals surface area contributed by atoms with Gasteiger partial charge in [-0.3, -0.25) is 4.79 Å². The van der Waals surface area contributed by atoms with Crippen molar-refractivity contribution in [3.63, 3.8) is 0 Å². The van der Waals surface area contributed by atoms with Gasteiger partial charge in [-0.05, 0) is 26.6 Å². The first kappa shape index (κ1) is 10.6. The molecule has 0 aliphatic carbocycles. The third-order valence-electron chi connectivity index (χ3n) is 1.20. The fourth-order valence-corrected chi connectivity index (χ4v) is 1.91. The second kappa shape index (κ2) is 3.83. The van der Waals surface area contributed by atoms with Crippen molar-refractivity contribution in [1.82, 2.24) is 0 Å². The van der Waals surface area contributed by atoms with Crippen molar-refractivity contribution < 1.29 is 9.22 Å². The number of carbonyl (C=O) groups excluding carboxylic acids is 1. The SMILES string of the molecule is C=C(C=O)C(C)O[Si](C)(C)C. The standard InChI is InChI=1S/C8H16O2Si/c1-7(6-9)8(2)10-11(3,4)5/h6,8H,1H2,2-5H3. The van der Waals surface area contributed by atoms with Gasteiger partial charge >= 0.3 is 0 Å². The van der Waals surface area contributed by atoms with Crippen LogP contribution in [0.1, 0.15) is 6.92 Å². The molecule has 0 aliphatic heterocycles. The van der Waals surface area contributed by atoms with E-state index in [0.717, 1.165) is 6.29 Å². The van der Waals surface area contributed by atoms with Crippen LogP contribution in [0.15, 0.2) is 12.2 Å². The molecule has 0 aliphatic rings. The van der Waals surface area contributed by atoms with Gasteiger partial charge in [0, 0.05) is 5.57 Å². The van der Waals surface area contributed by atoms with Crippen LogP contribution in [-0.2, 0) is 9.22 Å². The quantitative estimate of drug-likeness (QED) is 0.368. The summed E-state index contributed by atoms with van der Waals surface area (Å²) >= 11 is 0. The first-order chi connectivity index (χ1) is 4.87. The lowest BCUT2D eigenvalue weighted by Gasteiger charge is -2.22. The van der Waals surface area contributed by atoms with Gasteiger partial charge in [-0.25, -0.2) is 0 Å². The van der Waals surface area contributed by atoms with Gasteiger partial charge < -0.3 is 4.43 Å². The van der Waals surface area contributed by atoms with E-state index in [9.17, 15) is 4.79 Å². The largest absolute Gasteiger partial charge is 0.411 e. The van der Waals surface area contributed by atoms with Crippen molar-refractivity contribution in [3.05, 3.63) is 12.2 Å². The predicted molar refractivity (Wildman–Crippen MR) is 49.1 cm³/mol. The zero-order valence-electron chi connectivity index (χ0n) is 7.68. The zero-order valence-corrected chi connectivity index (χ0v) is 8.68. The van der Waals surface area contributed by atoms with E-state index >= 15 is 0 Å². The van der Waals surface area contributed by atoms with Crippen LogP contribution in [0, 0.1) is 0 Å². The monoisotopic (exact) mass is 172 g/mol. The molecule has 0 saturated carbocycles. The molecule has 0 spiro atoms. The Bertz CT molecular complexity index is 158. The van der Waals surface area contributed by atoms with Crippen molar-refractivity contribution in [2.24, 2.45) is 0 Å². The lowest BCUT2D eigenvalue weighted by Crippen LogP contribution is -2.31. The van der Waals surface area contributed by atoms with E-state index in [-0.39, 0.29) is 6.10 Å². The summed E-state index contributed by atoms with van der Waals surface area (Å²) < 4.78 is 5.60. The molecule has 0 amide bonds. The summed E-state index contributed by atoms with van der Waals surface area (Å²) in [7, 11) is -1.52. The maximum atomic E-state index is 10.3. The van der Waals surface area contributed by atoms with Crippen molar-refractivity contribution in [2.75, 3.05) is 0 Å². The lowest BCUT2D eigenvalue weighted by molar-refractivity contribution is -0.105. The van der Waals surface area contributed by atoms with Crippen molar-refractivity contribution in [1.29, 1.82) is 0 Å². The molecule has 0 aromatic rings. The van der Waals surface area contributed by atoms with E-state index in [0.29, 0.717) is 5.57 Å². The molecule has 0 aromatic heterocycles. The van der Waals surface area contributed by atoms with Crippen molar-refractivity contribution >= 4 is 14.6 Å². The minimum absolute atomic E-state index is 0.126. The van der Waals surface area contributed by atoms with Crippen LogP contribution >= 0.6 is 0 Å². The summed E-state index contributed by atoms with van der Waals surface area (Å²) in [5.74, 6) is 0. The Morgan fingerprint density at radius 2 is 2.00 bits per heavy atom. The molecule has 64 valence electrons. The minimum atomic E-state index is -1.52. The Morgan fingerprint density at radius 1 is 1.55 bits per heavy atom. The van der Waals surface area contributed by atoms with Crippen LogP contribution in [0.3, 0.4) is 0 Å². The maximum absolute atomic E-state index is 10.3. The molecule has 0 saturated heterocycles. The molecule has 0 heterocycles. The van der Waals surface area contributed by atoms with Gasteiger partial charge in [0.2, 0.25) is 0 Å². The second-order valence-corrected chi connectivity index (χ2v) is 8.03. The Hall–Kier alpha value is -0.413. The number of carbonyl (C=O) groups is 1. The highest BCUT2D eigenvalue weighted by atomic mass is 28.4. The van der Waals surface area contributed by atoms with E-state index in [2.05, 4.69) is 26.2 Å². The molecule has 1 atom stereocenters. The van der Waals surface area contributed by atoms with E-state index < -0.39 is 8.32 Å². The second-order valence-electron chi connectivity index (χ2n) is 3.57. The van der Waals surface area contributed by atoms with E-state index in [1.165, 1.54) is 0 Å². The average molecular weight is 172 g/mol. The number of aldehydes is 1. The van der Waals surface area contributed by atoms with Crippen LogP contribution < -0.4 is 0 Å². The maximum Gasteiger partial charge on any atom is 0.184 e. The van der Waals surface area contributed by atoms with Crippen LogP contribution in [0.2, 0.25) is 19.6 Å². The van der Waals surface area contributed by atoms with Gasteiger partial charge in [-0.15, -0.1) is 0 Å². The molecule has 3 heteroatoms. The lowest BCUT2D eigenvalue weighted by atomic mass is 10.2. The number of rotatable bonds is 4. The molecule has 11 heavy (non-hydrogen) atoms. The van der Waals surface area contributed by atoms with Crippen LogP contribution in [0.25, 0.3) is 0 Å². The molecule has 0 N–H and O–H groups in total. The summed E-state index contributed by atoms with van der Waals surface area (Å²) in [6.45, 7) is 11.7. The van der Waals surface area contributed by atoms with Crippen LogP contribution in [0.5, 0.6) is 0 Å². The van der Waals surface area contributed by atoms with E-state index in [4.69, 9.17) is 4.43 Å². The molecule has 0 rings (SSSR count).